The van der Waals surface area contributed by atoms with Crippen LogP contribution < -0.4 is 0 Å². The van der Waals surface area contributed by atoms with Gasteiger partial charge in [-0.15, -0.1) is 0 Å². The van der Waals surface area contributed by atoms with Crippen LogP contribution in [0, 0.1) is 10.1 Å². The zero-order valence-electron chi connectivity index (χ0n) is 11.8. The highest BCUT2D eigenvalue weighted by Crippen LogP contribution is 2.31. The molecule has 0 bridgehead atoms. The summed E-state index contributed by atoms with van der Waals surface area (Å²) in [5.41, 5.74) is -0.527. The van der Waals surface area contributed by atoms with Gasteiger partial charge in [0.25, 0.3) is 5.69 Å². The Morgan fingerprint density at radius 2 is 1.83 bits per heavy atom. The molecule has 0 spiro atoms. The Labute approximate surface area is 128 Å². The number of nitro benzene ring substituents is 1. The van der Waals surface area contributed by atoms with Crippen LogP contribution in [0.1, 0.15) is 31.0 Å². The summed E-state index contributed by atoms with van der Waals surface area (Å²) < 4.78 is 52.3. The molecule has 9 heteroatoms. The first-order chi connectivity index (χ1) is 10.7. The monoisotopic (exact) mass is 329 g/mol. The fourth-order valence-corrected chi connectivity index (χ4v) is 1.86. The lowest BCUT2D eigenvalue weighted by atomic mass is 10.1. The Bertz CT molecular complexity index is 717. The van der Waals surface area contributed by atoms with Crippen LogP contribution >= 0.6 is 0 Å². The van der Waals surface area contributed by atoms with E-state index in [1.54, 1.807) is 0 Å². The molecular formula is C14H11F4N3O2. The molecule has 2 rings (SSSR count). The van der Waals surface area contributed by atoms with Gasteiger partial charge in [-0.3, -0.25) is 10.1 Å². The topological polar surface area (TPSA) is 68.9 Å². The zero-order chi connectivity index (χ0) is 17.2. The third-order valence-electron chi connectivity index (χ3n) is 3.05. The van der Waals surface area contributed by atoms with Crippen LogP contribution in [0.25, 0.3) is 11.3 Å². The van der Waals surface area contributed by atoms with E-state index in [1.165, 1.54) is 19.1 Å². The number of nitro groups is 1. The summed E-state index contributed by atoms with van der Waals surface area (Å²) in [6, 6.07) is 5.89. The number of nitrogens with zero attached hydrogens (tertiary/aromatic N) is 3. The highest BCUT2D eigenvalue weighted by atomic mass is 19.4. The summed E-state index contributed by atoms with van der Waals surface area (Å²) >= 11 is 0. The van der Waals surface area contributed by atoms with E-state index in [-0.39, 0.29) is 29.1 Å². The molecule has 0 fully saturated rings. The van der Waals surface area contributed by atoms with Crippen LogP contribution in [-0.2, 0) is 6.18 Å². The van der Waals surface area contributed by atoms with Crippen molar-refractivity contribution in [2.45, 2.75) is 25.7 Å². The first-order valence-electron chi connectivity index (χ1n) is 6.57. The number of rotatable bonds is 4. The van der Waals surface area contributed by atoms with Crippen molar-refractivity contribution in [2.24, 2.45) is 0 Å². The van der Waals surface area contributed by atoms with Gasteiger partial charge in [-0.05, 0) is 24.6 Å². The lowest BCUT2D eigenvalue weighted by molar-refractivity contribution is -0.384. The highest BCUT2D eigenvalue weighted by molar-refractivity contribution is 5.61. The van der Waals surface area contributed by atoms with Crippen molar-refractivity contribution in [2.75, 3.05) is 0 Å². The summed E-state index contributed by atoms with van der Waals surface area (Å²) in [5, 5.41) is 10.6. The molecule has 1 unspecified atom stereocenters. The molecule has 0 aliphatic carbocycles. The van der Waals surface area contributed by atoms with E-state index in [2.05, 4.69) is 9.97 Å². The van der Waals surface area contributed by atoms with Gasteiger partial charge in [-0.2, -0.15) is 13.2 Å². The van der Waals surface area contributed by atoms with E-state index < -0.39 is 23.1 Å². The fraction of sp³-hybridized carbons (Fsp3) is 0.286. The molecule has 1 heterocycles. The molecule has 122 valence electrons. The molecule has 0 N–H and O–H groups in total. The number of hydrogen-bond donors (Lipinski definition) is 0. The highest BCUT2D eigenvalue weighted by Gasteiger charge is 2.36. The predicted octanol–water partition coefficient (Wildman–Crippen LogP) is 4.49. The first kappa shape index (κ1) is 16.8. The average Bonchev–Trinajstić information content (AvgIpc) is 2.53. The second kappa shape index (κ2) is 6.27. The van der Waals surface area contributed by atoms with E-state index in [9.17, 15) is 27.7 Å². The Morgan fingerprint density at radius 3 is 2.30 bits per heavy atom. The van der Waals surface area contributed by atoms with Gasteiger partial charge in [-0.1, -0.05) is 6.92 Å². The number of aromatic nitrogens is 2. The summed E-state index contributed by atoms with van der Waals surface area (Å²) in [6.45, 7) is 1.48. The van der Waals surface area contributed by atoms with Crippen molar-refractivity contribution < 1.29 is 22.5 Å². The number of non-ortho nitro benzene ring substituents is 1. The maximum atomic E-state index is 13.8. The van der Waals surface area contributed by atoms with Crippen molar-refractivity contribution in [3.8, 4) is 11.3 Å². The number of alkyl halides is 4. The van der Waals surface area contributed by atoms with Crippen LogP contribution in [-0.4, -0.2) is 14.9 Å². The van der Waals surface area contributed by atoms with Crippen LogP contribution in [0.15, 0.2) is 30.3 Å². The van der Waals surface area contributed by atoms with Gasteiger partial charge in [0.15, 0.2) is 0 Å². The zero-order valence-corrected chi connectivity index (χ0v) is 11.8. The molecule has 2 aromatic rings. The molecule has 0 aliphatic heterocycles. The van der Waals surface area contributed by atoms with Gasteiger partial charge in [0.1, 0.15) is 6.17 Å². The minimum Gasteiger partial charge on any atom is -0.258 e. The van der Waals surface area contributed by atoms with Gasteiger partial charge in [-0.25, -0.2) is 14.4 Å². The standard InChI is InChI=1S/C14H11F4N3O2/c1-2-10(15)12-7-11(19-13(20-12)14(16,17)18)8-3-5-9(6-4-8)21(22)23/h3-7,10H,2H2,1H3. The second-order valence-corrected chi connectivity index (χ2v) is 4.68. The minimum atomic E-state index is -4.82. The normalized spacial score (nSPS) is 12.9. The van der Waals surface area contributed by atoms with E-state index in [0.717, 1.165) is 18.2 Å². The Kier molecular flexibility index (Phi) is 4.57. The molecule has 0 radical (unpaired) electrons. The Hall–Kier alpha value is -2.58. The van der Waals surface area contributed by atoms with Gasteiger partial charge in [0, 0.05) is 17.7 Å². The smallest absolute Gasteiger partial charge is 0.258 e. The van der Waals surface area contributed by atoms with E-state index >= 15 is 0 Å². The number of halogens is 4. The summed E-state index contributed by atoms with van der Waals surface area (Å²) in [7, 11) is 0. The van der Waals surface area contributed by atoms with Gasteiger partial charge in [0.05, 0.1) is 16.3 Å². The largest absolute Gasteiger partial charge is 0.451 e. The van der Waals surface area contributed by atoms with Crippen molar-refractivity contribution in [3.05, 3.63) is 52.0 Å². The van der Waals surface area contributed by atoms with E-state index in [0.29, 0.717) is 0 Å². The van der Waals surface area contributed by atoms with Gasteiger partial charge >= 0.3 is 6.18 Å². The van der Waals surface area contributed by atoms with Crippen LogP contribution in [0.5, 0.6) is 0 Å². The second-order valence-electron chi connectivity index (χ2n) is 4.68. The molecule has 23 heavy (non-hydrogen) atoms. The van der Waals surface area contributed by atoms with E-state index in [4.69, 9.17) is 0 Å². The minimum absolute atomic E-state index is 0.0337. The Morgan fingerprint density at radius 1 is 1.22 bits per heavy atom. The SMILES string of the molecule is CCC(F)c1cc(-c2ccc([N+](=O)[O-])cc2)nc(C(F)(F)F)n1. The molecule has 1 aromatic carbocycles. The number of hydrogen-bond acceptors (Lipinski definition) is 4. The fourth-order valence-electron chi connectivity index (χ4n) is 1.86. The summed E-state index contributed by atoms with van der Waals surface area (Å²) in [5.74, 6) is -1.44. The average molecular weight is 329 g/mol. The van der Waals surface area contributed by atoms with Gasteiger partial charge < -0.3 is 0 Å². The lowest BCUT2D eigenvalue weighted by Gasteiger charge is -2.12. The molecule has 1 atom stereocenters. The van der Waals surface area contributed by atoms with Crippen molar-refractivity contribution in [1.82, 2.24) is 9.97 Å². The molecule has 0 aliphatic rings. The third-order valence-corrected chi connectivity index (χ3v) is 3.05. The predicted molar refractivity (Wildman–Crippen MR) is 73.3 cm³/mol. The maximum absolute atomic E-state index is 13.8. The molecule has 0 amide bonds. The van der Waals surface area contributed by atoms with Crippen molar-refractivity contribution >= 4 is 5.69 Å². The summed E-state index contributed by atoms with van der Waals surface area (Å²) in [4.78, 5) is 16.6. The molecule has 0 saturated heterocycles. The number of benzene rings is 1. The summed E-state index contributed by atoms with van der Waals surface area (Å²) in [6.07, 6.45) is -6.51. The van der Waals surface area contributed by atoms with Crippen LogP contribution in [0.2, 0.25) is 0 Å². The molecule has 5 nitrogen and oxygen atoms in total. The Balaban J connectivity index is 2.54. The third kappa shape index (κ3) is 3.79. The first-order valence-corrected chi connectivity index (χ1v) is 6.57. The molecule has 1 aromatic heterocycles. The van der Waals surface area contributed by atoms with Crippen LogP contribution in [0.4, 0.5) is 23.2 Å². The lowest BCUT2D eigenvalue weighted by Crippen LogP contribution is -2.14. The van der Waals surface area contributed by atoms with E-state index in [1.807, 2.05) is 0 Å². The molecule has 0 saturated carbocycles. The van der Waals surface area contributed by atoms with Gasteiger partial charge in [0.2, 0.25) is 5.82 Å². The molecular weight excluding hydrogens is 318 g/mol. The van der Waals surface area contributed by atoms with Crippen molar-refractivity contribution in [3.63, 3.8) is 0 Å². The van der Waals surface area contributed by atoms with Crippen molar-refractivity contribution in [1.29, 1.82) is 0 Å². The maximum Gasteiger partial charge on any atom is 0.451 e. The van der Waals surface area contributed by atoms with Crippen LogP contribution in [0.3, 0.4) is 0 Å². The quantitative estimate of drug-likeness (QED) is 0.471.